The molecule has 0 fully saturated rings. The number of nitrogens with zero attached hydrogens (tertiary/aromatic N) is 3. The summed E-state index contributed by atoms with van der Waals surface area (Å²) in [7, 11) is 0. The van der Waals surface area contributed by atoms with Gasteiger partial charge in [-0.3, -0.25) is 4.57 Å². The van der Waals surface area contributed by atoms with Crippen LogP contribution in [0.4, 0.5) is 5.82 Å². The molecule has 0 spiro atoms. The van der Waals surface area contributed by atoms with Gasteiger partial charge < -0.3 is 14.9 Å². The first kappa shape index (κ1) is 10.7. The van der Waals surface area contributed by atoms with E-state index in [9.17, 15) is 10.1 Å². The molecule has 2 heterocycles. The molecule has 0 saturated carbocycles. The second-order valence-corrected chi connectivity index (χ2v) is 3.76. The monoisotopic (exact) mass is 223 g/mol. The minimum atomic E-state index is -0.515. The fourth-order valence-electron chi connectivity index (χ4n) is 1.88. The largest absolute Gasteiger partial charge is 0.442 e. The zero-order chi connectivity index (χ0) is 11.7. The van der Waals surface area contributed by atoms with E-state index in [-0.39, 0.29) is 17.8 Å². The van der Waals surface area contributed by atoms with Crippen molar-refractivity contribution < 1.29 is 9.66 Å². The summed E-state index contributed by atoms with van der Waals surface area (Å²) < 4.78 is 7.25. The molecular weight excluding hydrogens is 210 g/mol. The Hall–Kier alpha value is -1.85. The molecule has 86 valence electrons. The van der Waals surface area contributed by atoms with Crippen LogP contribution in [0.15, 0.2) is 18.9 Å². The molecule has 1 aromatic rings. The third kappa shape index (κ3) is 1.66. The number of fused-ring (bicyclic) bond motifs is 1. The molecule has 0 radical (unpaired) electrons. The van der Waals surface area contributed by atoms with Gasteiger partial charge in [0.15, 0.2) is 0 Å². The van der Waals surface area contributed by atoms with E-state index >= 15 is 0 Å². The lowest BCUT2D eigenvalue weighted by atomic mass is 9.99. The average Bonchev–Trinajstić information content (AvgIpc) is 2.69. The van der Waals surface area contributed by atoms with Gasteiger partial charge in [0.25, 0.3) is 0 Å². The van der Waals surface area contributed by atoms with Crippen LogP contribution in [-0.4, -0.2) is 20.6 Å². The van der Waals surface area contributed by atoms with Gasteiger partial charge in [-0.25, -0.2) is 0 Å². The van der Waals surface area contributed by atoms with Crippen molar-refractivity contribution in [1.82, 2.24) is 9.55 Å². The summed E-state index contributed by atoms with van der Waals surface area (Å²) in [6, 6.07) is 0.330. The normalized spacial score (nSPS) is 23.3. The Balaban J connectivity index is 2.31. The molecule has 0 N–H and O–H groups in total. The summed E-state index contributed by atoms with van der Waals surface area (Å²) in [6.07, 6.45) is 4.06. The smallest absolute Gasteiger partial charge is 0.414 e. The molecule has 6 heteroatoms. The van der Waals surface area contributed by atoms with Gasteiger partial charge in [-0.1, -0.05) is 13.0 Å². The summed E-state index contributed by atoms with van der Waals surface area (Å²) in [5.74, 6) is 0.000805. The van der Waals surface area contributed by atoms with E-state index in [4.69, 9.17) is 4.74 Å². The fraction of sp³-hybridized carbons (Fsp3) is 0.500. The molecule has 1 unspecified atom stereocenters. The summed E-state index contributed by atoms with van der Waals surface area (Å²) in [5, 5.41) is 10.6. The van der Waals surface area contributed by atoms with Crippen molar-refractivity contribution in [2.24, 2.45) is 5.92 Å². The second kappa shape index (κ2) is 3.96. The van der Waals surface area contributed by atoms with Crippen LogP contribution in [0.5, 0.6) is 6.01 Å². The second-order valence-electron chi connectivity index (χ2n) is 3.76. The standard InChI is InChI=1S/C10H13N3O3/c1-3-7-5-12-6-9(13(14)15)11-10(12)16-8(7)4-2/h3,6-8H,1,4-5H2,2H3/t7?,8-/m1/s1. The lowest BCUT2D eigenvalue weighted by Gasteiger charge is -2.27. The van der Waals surface area contributed by atoms with Crippen molar-refractivity contribution >= 4 is 5.82 Å². The van der Waals surface area contributed by atoms with Gasteiger partial charge in [-0.15, -0.1) is 6.58 Å². The van der Waals surface area contributed by atoms with Crippen LogP contribution >= 0.6 is 0 Å². The zero-order valence-corrected chi connectivity index (χ0v) is 9.00. The molecule has 0 amide bonds. The first-order valence-electron chi connectivity index (χ1n) is 5.16. The molecule has 0 bridgehead atoms. The van der Waals surface area contributed by atoms with Crippen LogP contribution < -0.4 is 4.74 Å². The first-order valence-corrected chi connectivity index (χ1v) is 5.16. The van der Waals surface area contributed by atoms with Crippen molar-refractivity contribution in [2.45, 2.75) is 26.0 Å². The minimum absolute atomic E-state index is 0.00649. The topological polar surface area (TPSA) is 70.2 Å². The number of ether oxygens (including phenoxy) is 1. The number of imidazole rings is 1. The highest BCUT2D eigenvalue weighted by atomic mass is 16.6. The molecular formula is C10H13N3O3. The van der Waals surface area contributed by atoms with E-state index in [1.165, 1.54) is 6.20 Å². The van der Waals surface area contributed by atoms with Crippen LogP contribution in [0.3, 0.4) is 0 Å². The third-order valence-corrected chi connectivity index (χ3v) is 2.76. The quantitative estimate of drug-likeness (QED) is 0.444. The van der Waals surface area contributed by atoms with E-state index in [1.807, 2.05) is 13.0 Å². The number of nitro groups is 1. The van der Waals surface area contributed by atoms with Crippen LogP contribution in [0.25, 0.3) is 0 Å². The summed E-state index contributed by atoms with van der Waals surface area (Å²) in [4.78, 5) is 13.9. The van der Waals surface area contributed by atoms with Crippen LogP contribution in [0.2, 0.25) is 0 Å². The Kier molecular flexibility index (Phi) is 2.64. The first-order chi connectivity index (χ1) is 7.65. The van der Waals surface area contributed by atoms with Crippen LogP contribution in [-0.2, 0) is 6.54 Å². The van der Waals surface area contributed by atoms with E-state index in [0.717, 1.165) is 6.42 Å². The van der Waals surface area contributed by atoms with Crippen molar-refractivity contribution in [3.8, 4) is 6.01 Å². The Morgan fingerprint density at radius 3 is 3.19 bits per heavy atom. The predicted molar refractivity (Wildman–Crippen MR) is 57.3 cm³/mol. The van der Waals surface area contributed by atoms with E-state index < -0.39 is 4.92 Å². The van der Waals surface area contributed by atoms with E-state index in [2.05, 4.69) is 11.6 Å². The van der Waals surface area contributed by atoms with Gasteiger partial charge in [0, 0.05) is 17.4 Å². The molecule has 0 saturated heterocycles. The van der Waals surface area contributed by atoms with Crippen molar-refractivity contribution in [1.29, 1.82) is 0 Å². The Morgan fingerprint density at radius 2 is 2.62 bits per heavy atom. The molecule has 1 aromatic heterocycles. The lowest BCUT2D eigenvalue weighted by Crippen LogP contribution is -2.33. The number of hydrogen-bond donors (Lipinski definition) is 0. The Morgan fingerprint density at radius 1 is 1.88 bits per heavy atom. The number of hydrogen-bond acceptors (Lipinski definition) is 4. The number of aromatic nitrogens is 2. The van der Waals surface area contributed by atoms with Gasteiger partial charge in [0.05, 0.1) is 0 Å². The molecule has 2 atom stereocenters. The van der Waals surface area contributed by atoms with Crippen molar-refractivity contribution in [3.63, 3.8) is 0 Å². The molecule has 1 aliphatic rings. The highest BCUT2D eigenvalue weighted by Crippen LogP contribution is 2.28. The van der Waals surface area contributed by atoms with Gasteiger partial charge in [0.1, 0.15) is 12.3 Å². The van der Waals surface area contributed by atoms with Crippen LogP contribution in [0.1, 0.15) is 13.3 Å². The molecule has 0 aliphatic carbocycles. The average molecular weight is 223 g/mol. The summed E-state index contributed by atoms with van der Waals surface area (Å²) in [6.45, 7) is 6.39. The van der Waals surface area contributed by atoms with Crippen molar-refractivity contribution in [3.05, 3.63) is 29.0 Å². The van der Waals surface area contributed by atoms with Gasteiger partial charge >= 0.3 is 11.8 Å². The Bertz CT molecular complexity index is 427. The van der Waals surface area contributed by atoms with Gasteiger partial charge in [-0.05, 0) is 11.3 Å². The SMILES string of the molecule is C=CC1Cn2cc([N+](=O)[O-])nc2O[C@@H]1CC. The summed E-state index contributed by atoms with van der Waals surface area (Å²) >= 11 is 0. The molecule has 1 aliphatic heterocycles. The predicted octanol–water partition coefficient (Wildman–Crippen LogP) is 1.76. The Labute approximate surface area is 92.7 Å². The van der Waals surface area contributed by atoms with Crippen LogP contribution in [0, 0.1) is 16.0 Å². The third-order valence-electron chi connectivity index (χ3n) is 2.76. The van der Waals surface area contributed by atoms with Gasteiger partial charge in [-0.2, -0.15) is 0 Å². The highest BCUT2D eigenvalue weighted by molar-refractivity contribution is 5.22. The fourth-order valence-corrected chi connectivity index (χ4v) is 1.88. The number of rotatable bonds is 3. The maximum Gasteiger partial charge on any atom is 0.414 e. The molecule has 6 nitrogen and oxygen atoms in total. The maximum atomic E-state index is 10.6. The van der Waals surface area contributed by atoms with E-state index in [0.29, 0.717) is 12.6 Å². The van der Waals surface area contributed by atoms with E-state index in [1.54, 1.807) is 4.57 Å². The van der Waals surface area contributed by atoms with Gasteiger partial charge in [0.2, 0.25) is 0 Å². The molecule has 0 aromatic carbocycles. The zero-order valence-electron chi connectivity index (χ0n) is 9.00. The highest BCUT2D eigenvalue weighted by Gasteiger charge is 2.32. The molecule has 2 rings (SSSR count). The minimum Gasteiger partial charge on any atom is -0.442 e. The summed E-state index contributed by atoms with van der Waals surface area (Å²) in [5.41, 5.74) is 0. The lowest BCUT2D eigenvalue weighted by molar-refractivity contribution is -0.389. The van der Waals surface area contributed by atoms with Crippen molar-refractivity contribution in [2.75, 3.05) is 0 Å². The molecule has 16 heavy (non-hydrogen) atoms. The maximum absolute atomic E-state index is 10.6.